The van der Waals surface area contributed by atoms with Crippen molar-refractivity contribution in [3.05, 3.63) is 0 Å². The molecule has 8 nitrogen and oxygen atoms in total. The van der Waals surface area contributed by atoms with E-state index in [9.17, 15) is 38.4 Å². The smallest absolute Gasteiger partial charge is 0.286 e. The highest BCUT2D eigenvalue weighted by molar-refractivity contribution is 8.00. The monoisotopic (exact) mass is 336 g/mol. The van der Waals surface area contributed by atoms with E-state index in [0.29, 0.717) is 0 Å². The van der Waals surface area contributed by atoms with Crippen LogP contribution < -0.4 is 0 Å². The second-order valence-electron chi connectivity index (χ2n) is 2.93. The van der Waals surface area contributed by atoms with Crippen molar-refractivity contribution in [1.82, 2.24) is 0 Å². The van der Waals surface area contributed by atoms with Crippen LogP contribution in [0.4, 0.5) is 13.2 Å². The lowest BCUT2D eigenvalue weighted by molar-refractivity contribution is -0.107. The Morgan fingerprint density at radius 1 is 0.889 bits per heavy atom. The molecule has 0 aromatic heterocycles. The second-order valence-corrected chi connectivity index (χ2v) is 7.98. The van der Waals surface area contributed by atoms with Gasteiger partial charge < -0.3 is 0 Å². The van der Waals surface area contributed by atoms with Gasteiger partial charge in [0.15, 0.2) is 5.75 Å². The third-order valence-electron chi connectivity index (χ3n) is 1.14. The van der Waals surface area contributed by atoms with Crippen molar-refractivity contribution in [2.75, 3.05) is 17.3 Å². The van der Waals surface area contributed by atoms with Crippen LogP contribution in [0.2, 0.25) is 0 Å². The van der Waals surface area contributed by atoms with Crippen molar-refractivity contribution in [2.45, 2.75) is 6.18 Å². The van der Waals surface area contributed by atoms with Gasteiger partial charge in [-0.3, -0.25) is 4.55 Å². The number of hydrogen-bond acceptors (Lipinski definition) is 7. The van der Waals surface area contributed by atoms with Crippen LogP contribution in [0.5, 0.6) is 0 Å². The summed E-state index contributed by atoms with van der Waals surface area (Å²) >= 11 is 0. The van der Waals surface area contributed by atoms with Gasteiger partial charge in [-0.2, -0.15) is 38.4 Å². The molecular weight excluding hydrogens is 329 g/mol. The standard InChI is InChI=1S/C4H7F3O8S3/c5-4(6,7)3-18(13,14)15-17(11,12)2-1-16(8,9)10/h1-3H2,(H,8,9,10). The highest BCUT2D eigenvalue weighted by Crippen LogP contribution is 2.19. The molecule has 0 aliphatic heterocycles. The number of halogens is 3. The molecule has 0 amide bonds. The predicted octanol–water partition coefficient (Wildman–Crippen LogP) is -0.887. The molecule has 0 unspecified atom stereocenters. The second kappa shape index (κ2) is 5.28. The number of rotatable bonds is 6. The molecule has 0 bridgehead atoms. The molecule has 0 atom stereocenters. The van der Waals surface area contributed by atoms with E-state index in [4.69, 9.17) is 4.55 Å². The van der Waals surface area contributed by atoms with Crippen molar-refractivity contribution in [3.63, 3.8) is 0 Å². The molecule has 14 heteroatoms. The minimum Gasteiger partial charge on any atom is -0.286 e. The summed E-state index contributed by atoms with van der Waals surface area (Å²) in [5.74, 6) is -5.44. The quantitative estimate of drug-likeness (QED) is 0.618. The summed E-state index contributed by atoms with van der Waals surface area (Å²) in [4.78, 5) is 0. The van der Waals surface area contributed by atoms with Crippen LogP contribution in [0.25, 0.3) is 0 Å². The molecule has 18 heavy (non-hydrogen) atoms. The third kappa shape index (κ3) is 9.58. The van der Waals surface area contributed by atoms with Crippen LogP contribution in [-0.2, 0) is 34.0 Å². The Hall–Kier alpha value is -0.440. The van der Waals surface area contributed by atoms with Crippen molar-refractivity contribution in [2.24, 2.45) is 0 Å². The van der Waals surface area contributed by atoms with Crippen molar-refractivity contribution in [1.29, 1.82) is 0 Å². The fourth-order valence-corrected chi connectivity index (χ4v) is 4.41. The van der Waals surface area contributed by atoms with Gasteiger partial charge in [0.2, 0.25) is 0 Å². The lowest BCUT2D eigenvalue weighted by Gasteiger charge is -2.07. The Bertz CT molecular complexity index is 582. The van der Waals surface area contributed by atoms with Gasteiger partial charge in [-0.25, -0.2) is 0 Å². The number of hydrogen-bond donors (Lipinski definition) is 1. The number of alkyl halides is 3. The fraction of sp³-hybridized carbons (Fsp3) is 1.00. The first-order valence-corrected chi connectivity index (χ1v) is 8.57. The Balaban J connectivity index is 4.79. The molecule has 0 saturated carbocycles. The van der Waals surface area contributed by atoms with E-state index >= 15 is 0 Å². The molecule has 110 valence electrons. The van der Waals surface area contributed by atoms with E-state index in [1.807, 2.05) is 0 Å². The minimum absolute atomic E-state index is 1.41. The van der Waals surface area contributed by atoms with E-state index in [0.717, 1.165) is 0 Å². The van der Waals surface area contributed by atoms with E-state index < -0.39 is 53.8 Å². The van der Waals surface area contributed by atoms with Crippen molar-refractivity contribution in [3.8, 4) is 0 Å². The molecule has 0 aromatic carbocycles. The highest BCUT2D eigenvalue weighted by Gasteiger charge is 2.38. The lowest BCUT2D eigenvalue weighted by atomic mass is 10.8. The summed E-state index contributed by atoms with van der Waals surface area (Å²) in [6, 6.07) is 0. The van der Waals surface area contributed by atoms with Gasteiger partial charge in [0.05, 0.1) is 11.5 Å². The molecule has 0 radical (unpaired) electrons. The fourth-order valence-electron chi connectivity index (χ4n) is 0.624. The molecule has 0 spiro atoms. The van der Waals surface area contributed by atoms with Crippen LogP contribution in [-0.4, -0.2) is 53.2 Å². The highest BCUT2D eigenvalue weighted by atomic mass is 32.3. The summed E-state index contributed by atoms with van der Waals surface area (Å²) in [7, 11) is -15.3. The van der Waals surface area contributed by atoms with E-state index in [1.54, 1.807) is 0 Å². The van der Waals surface area contributed by atoms with Crippen LogP contribution in [0.3, 0.4) is 0 Å². The summed E-state index contributed by atoms with van der Waals surface area (Å²) < 4.78 is 110. The normalized spacial score (nSPS) is 14.7. The summed E-state index contributed by atoms with van der Waals surface area (Å²) in [5, 5.41) is 0. The maximum absolute atomic E-state index is 11.7. The molecule has 0 aromatic rings. The van der Waals surface area contributed by atoms with Gasteiger partial charge in [0.25, 0.3) is 30.4 Å². The Kier molecular flexibility index (Phi) is 5.15. The average Bonchev–Trinajstić information content (AvgIpc) is 1.91. The summed E-state index contributed by atoms with van der Waals surface area (Å²) in [6.07, 6.45) is -5.21. The topological polar surface area (TPSA) is 132 Å². The Morgan fingerprint density at radius 2 is 1.33 bits per heavy atom. The Morgan fingerprint density at radius 3 is 1.67 bits per heavy atom. The van der Waals surface area contributed by atoms with E-state index in [1.165, 1.54) is 0 Å². The molecule has 1 N–H and O–H groups in total. The third-order valence-corrected chi connectivity index (χ3v) is 5.16. The largest absolute Gasteiger partial charge is 0.405 e. The zero-order chi connectivity index (χ0) is 14.8. The molecule has 0 rings (SSSR count). The van der Waals surface area contributed by atoms with E-state index in [-0.39, 0.29) is 0 Å². The molecule has 0 heterocycles. The van der Waals surface area contributed by atoms with Crippen molar-refractivity contribution >= 4 is 30.4 Å². The molecule has 0 aliphatic rings. The lowest BCUT2D eigenvalue weighted by Crippen LogP contribution is -2.28. The van der Waals surface area contributed by atoms with Gasteiger partial charge in [-0.1, -0.05) is 0 Å². The first-order chi connectivity index (χ1) is 7.62. The minimum atomic E-state index is -5.45. The van der Waals surface area contributed by atoms with Crippen LogP contribution in [0.1, 0.15) is 0 Å². The van der Waals surface area contributed by atoms with Gasteiger partial charge in [-0.05, 0) is 0 Å². The maximum Gasteiger partial charge on any atom is 0.405 e. The SMILES string of the molecule is O=S(=O)(O)CCS(=O)(=O)OS(=O)(=O)CC(F)(F)F. The predicted molar refractivity (Wildman–Crippen MR) is 51.1 cm³/mol. The van der Waals surface area contributed by atoms with Crippen LogP contribution >= 0.6 is 0 Å². The first kappa shape index (κ1) is 17.6. The first-order valence-electron chi connectivity index (χ1n) is 3.80. The summed E-state index contributed by atoms with van der Waals surface area (Å²) in [5.41, 5.74) is 0. The van der Waals surface area contributed by atoms with Gasteiger partial charge in [0, 0.05) is 0 Å². The molecular formula is C4H7F3O8S3. The summed E-state index contributed by atoms with van der Waals surface area (Å²) in [6.45, 7) is 0. The van der Waals surface area contributed by atoms with E-state index in [2.05, 4.69) is 3.63 Å². The van der Waals surface area contributed by atoms with Crippen LogP contribution in [0.15, 0.2) is 0 Å². The van der Waals surface area contributed by atoms with Gasteiger partial charge in [0.1, 0.15) is 0 Å². The van der Waals surface area contributed by atoms with Crippen LogP contribution in [0, 0.1) is 0 Å². The molecule has 0 aliphatic carbocycles. The van der Waals surface area contributed by atoms with Gasteiger partial charge in [-0.15, -0.1) is 3.63 Å². The average molecular weight is 336 g/mol. The zero-order valence-electron chi connectivity index (χ0n) is 8.28. The zero-order valence-corrected chi connectivity index (χ0v) is 10.7. The van der Waals surface area contributed by atoms with Gasteiger partial charge >= 0.3 is 6.18 Å². The Labute approximate surface area is 101 Å². The molecule has 0 saturated heterocycles. The molecule has 0 fully saturated rings. The maximum atomic E-state index is 11.7. The van der Waals surface area contributed by atoms with Crippen molar-refractivity contribution < 1.29 is 46.6 Å².